The fourth-order valence-electron chi connectivity index (χ4n) is 4.19. The van der Waals surface area contributed by atoms with Crippen LogP contribution >= 0.6 is 24.0 Å². The molecule has 1 saturated carbocycles. The summed E-state index contributed by atoms with van der Waals surface area (Å²) in [4.78, 5) is 4.43. The van der Waals surface area contributed by atoms with Gasteiger partial charge in [0.15, 0.2) is 5.96 Å². The van der Waals surface area contributed by atoms with Crippen LogP contribution in [0.5, 0.6) is 5.75 Å². The molecule has 0 saturated heterocycles. The number of hydrogen-bond acceptors (Lipinski definition) is 3. The number of nitrogens with zero attached hydrogens (tertiary/aromatic N) is 1. The van der Waals surface area contributed by atoms with Crippen molar-refractivity contribution in [1.29, 1.82) is 0 Å². The first-order valence-electron chi connectivity index (χ1n) is 10.0. The third-order valence-electron chi connectivity index (χ3n) is 5.56. The SMILES string of the molecule is CN=C(NCCCCCOC)NC1CC2(CCCC2)Oc2ccccc21.I. The van der Waals surface area contributed by atoms with E-state index in [1.54, 1.807) is 7.11 Å². The van der Waals surface area contributed by atoms with Crippen LogP contribution in [0.15, 0.2) is 29.3 Å². The van der Waals surface area contributed by atoms with Crippen LogP contribution < -0.4 is 15.4 Å². The van der Waals surface area contributed by atoms with E-state index in [4.69, 9.17) is 9.47 Å². The van der Waals surface area contributed by atoms with Gasteiger partial charge in [-0.1, -0.05) is 18.2 Å². The van der Waals surface area contributed by atoms with Gasteiger partial charge in [0, 0.05) is 39.3 Å². The van der Waals surface area contributed by atoms with Gasteiger partial charge in [0.1, 0.15) is 11.4 Å². The Balaban J connectivity index is 0.00000261. The standard InChI is InChI=1S/C21H33N3O2.HI/c1-22-20(23-14-8-3-9-15-25-2)24-18-16-21(12-6-7-13-21)26-19-11-5-4-10-17(18)19;/h4-5,10-11,18H,3,6-9,12-16H2,1-2H3,(H2,22,23,24);1H. The second-order valence-corrected chi connectivity index (χ2v) is 7.48. The molecule has 27 heavy (non-hydrogen) atoms. The number of aliphatic imine (C=N–C) groups is 1. The predicted molar refractivity (Wildman–Crippen MR) is 121 cm³/mol. The van der Waals surface area contributed by atoms with Crippen molar-refractivity contribution in [3.05, 3.63) is 29.8 Å². The molecule has 1 aromatic rings. The van der Waals surface area contributed by atoms with Crippen molar-refractivity contribution < 1.29 is 9.47 Å². The topological polar surface area (TPSA) is 54.9 Å². The molecular formula is C21H34IN3O2. The summed E-state index contributed by atoms with van der Waals surface area (Å²) in [5.74, 6) is 1.92. The Morgan fingerprint density at radius 1 is 1.22 bits per heavy atom. The lowest BCUT2D eigenvalue weighted by atomic mass is 9.86. The summed E-state index contributed by atoms with van der Waals surface area (Å²) in [6.07, 6.45) is 9.26. The Labute approximate surface area is 180 Å². The molecule has 1 aliphatic heterocycles. The zero-order valence-corrected chi connectivity index (χ0v) is 19.0. The smallest absolute Gasteiger partial charge is 0.191 e. The average molecular weight is 487 g/mol. The zero-order valence-electron chi connectivity index (χ0n) is 16.6. The summed E-state index contributed by atoms with van der Waals surface area (Å²) < 4.78 is 11.6. The van der Waals surface area contributed by atoms with Crippen molar-refractivity contribution >= 4 is 29.9 Å². The summed E-state index contributed by atoms with van der Waals surface area (Å²) in [5.41, 5.74) is 1.25. The molecule has 6 heteroatoms. The van der Waals surface area contributed by atoms with Gasteiger partial charge in [-0.3, -0.25) is 4.99 Å². The number of nitrogens with one attached hydrogen (secondary N) is 2. The quantitative estimate of drug-likeness (QED) is 0.259. The van der Waals surface area contributed by atoms with Crippen molar-refractivity contribution in [3.8, 4) is 5.75 Å². The van der Waals surface area contributed by atoms with Gasteiger partial charge in [-0.15, -0.1) is 24.0 Å². The molecule has 5 nitrogen and oxygen atoms in total. The summed E-state index contributed by atoms with van der Waals surface area (Å²) in [5, 5.41) is 7.11. The number of halogens is 1. The molecule has 1 atom stereocenters. The van der Waals surface area contributed by atoms with Crippen LogP contribution in [0.1, 0.15) is 63.0 Å². The lowest BCUT2D eigenvalue weighted by Crippen LogP contribution is -2.46. The van der Waals surface area contributed by atoms with Gasteiger partial charge in [0.2, 0.25) is 0 Å². The highest BCUT2D eigenvalue weighted by molar-refractivity contribution is 14.0. The first-order valence-corrected chi connectivity index (χ1v) is 10.0. The van der Waals surface area contributed by atoms with E-state index in [0.717, 1.165) is 57.0 Å². The van der Waals surface area contributed by atoms with Gasteiger partial charge in [-0.2, -0.15) is 0 Å². The molecule has 1 spiro atoms. The molecule has 1 unspecified atom stereocenters. The van der Waals surface area contributed by atoms with Gasteiger partial charge in [-0.05, 0) is 51.0 Å². The molecule has 2 aliphatic rings. The van der Waals surface area contributed by atoms with E-state index in [2.05, 4.69) is 39.9 Å². The molecule has 152 valence electrons. The van der Waals surface area contributed by atoms with Crippen molar-refractivity contribution in [1.82, 2.24) is 10.6 Å². The monoisotopic (exact) mass is 487 g/mol. The highest BCUT2D eigenvalue weighted by atomic mass is 127. The number of ether oxygens (including phenoxy) is 2. The summed E-state index contributed by atoms with van der Waals surface area (Å²) in [7, 11) is 3.60. The Morgan fingerprint density at radius 3 is 2.74 bits per heavy atom. The minimum Gasteiger partial charge on any atom is -0.487 e. The molecule has 0 bridgehead atoms. The predicted octanol–water partition coefficient (Wildman–Crippen LogP) is 4.42. The lowest BCUT2D eigenvalue weighted by Gasteiger charge is -2.40. The van der Waals surface area contributed by atoms with Gasteiger partial charge < -0.3 is 20.1 Å². The Hall–Kier alpha value is -1.02. The molecule has 3 rings (SSSR count). The van der Waals surface area contributed by atoms with Crippen molar-refractivity contribution in [3.63, 3.8) is 0 Å². The summed E-state index contributed by atoms with van der Waals surface area (Å²) in [6, 6.07) is 8.69. The number of para-hydroxylation sites is 1. The average Bonchev–Trinajstić information content (AvgIpc) is 3.10. The molecule has 1 aliphatic carbocycles. The highest BCUT2D eigenvalue weighted by Gasteiger charge is 2.43. The number of rotatable bonds is 7. The van der Waals surface area contributed by atoms with E-state index in [9.17, 15) is 0 Å². The van der Waals surface area contributed by atoms with Gasteiger partial charge in [-0.25, -0.2) is 0 Å². The maximum atomic E-state index is 6.45. The Bertz CT molecular complexity index is 603. The van der Waals surface area contributed by atoms with Crippen molar-refractivity contribution in [2.24, 2.45) is 4.99 Å². The number of unbranched alkanes of at least 4 members (excludes halogenated alkanes) is 2. The second kappa shape index (κ2) is 11.1. The van der Waals surface area contributed by atoms with Crippen LogP contribution in [0.25, 0.3) is 0 Å². The van der Waals surface area contributed by atoms with E-state index < -0.39 is 0 Å². The normalized spacial score (nSPS) is 20.5. The molecule has 1 aromatic carbocycles. The largest absolute Gasteiger partial charge is 0.487 e. The third kappa shape index (κ3) is 5.98. The maximum absolute atomic E-state index is 6.45. The second-order valence-electron chi connectivity index (χ2n) is 7.48. The fourth-order valence-corrected chi connectivity index (χ4v) is 4.19. The van der Waals surface area contributed by atoms with Gasteiger partial charge in [0.05, 0.1) is 6.04 Å². The van der Waals surface area contributed by atoms with Crippen molar-refractivity contribution in [2.45, 2.75) is 63.0 Å². The minimum absolute atomic E-state index is 0. The van der Waals surface area contributed by atoms with Gasteiger partial charge >= 0.3 is 0 Å². The third-order valence-corrected chi connectivity index (χ3v) is 5.56. The summed E-state index contributed by atoms with van der Waals surface area (Å²) >= 11 is 0. The van der Waals surface area contributed by atoms with Crippen LogP contribution in [0.3, 0.4) is 0 Å². The van der Waals surface area contributed by atoms with E-state index >= 15 is 0 Å². The Morgan fingerprint density at radius 2 is 2.00 bits per heavy atom. The van der Waals surface area contributed by atoms with E-state index in [1.165, 1.54) is 24.8 Å². The van der Waals surface area contributed by atoms with Crippen LogP contribution in [0.2, 0.25) is 0 Å². The zero-order chi connectivity index (χ0) is 18.2. The van der Waals surface area contributed by atoms with E-state index in [1.807, 2.05) is 7.05 Å². The number of hydrogen-bond donors (Lipinski definition) is 2. The van der Waals surface area contributed by atoms with Crippen molar-refractivity contribution in [2.75, 3.05) is 27.3 Å². The van der Waals surface area contributed by atoms with E-state index in [0.29, 0.717) is 0 Å². The van der Waals surface area contributed by atoms with Crippen LogP contribution in [-0.2, 0) is 4.74 Å². The first-order chi connectivity index (χ1) is 12.8. The highest BCUT2D eigenvalue weighted by Crippen LogP contribution is 2.46. The fraction of sp³-hybridized carbons (Fsp3) is 0.667. The van der Waals surface area contributed by atoms with Crippen LogP contribution in [0.4, 0.5) is 0 Å². The van der Waals surface area contributed by atoms with E-state index in [-0.39, 0.29) is 35.6 Å². The molecule has 0 radical (unpaired) electrons. The molecule has 1 fully saturated rings. The summed E-state index contributed by atoms with van der Waals surface area (Å²) in [6.45, 7) is 1.77. The molecule has 1 heterocycles. The number of guanidine groups is 1. The Kier molecular flexibility index (Phi) is 9.15. The maximum Gasteiger partial charge on any atom is 0.191 e. The van der Waals surface area contributed by atoms with Gasteiger partial charge in [0.25, 0.3) is 0 Å². The lowest BCUT2D eigenvalue weighted by molar-refractivity contribution is 0.0396. The molecular weight excluding hydrogens is 453 g/mol. The molecule has 0 amide bonds. The minimum atomic E-state index is 0. The van der Waals surface area contributed by atoms with Crippen LogP contribution in [-0.4, -0.2) is 38.9 Å². The first kappa shape index (κ1) is 22.3. The molecule has 0 aromatic heterocycles. The van der Waals surface area contributed by atoms with Crippen LogP contribution in [0, 0.1) is 0 Å². The number of fused-ring (bicyclic) bond motifs is 1. The number of benzene rings is 1. The number of methoxy groups -OCH3 is 1. The molecule has 2 N–H and O–H groups in total.